The third kappa shape index (κ3) is 6.02. The highest BCUT2D eigenvalue weighted by molar-refractivity contribution is 7.89. The summed E-state index contributed by atoms with van der Waals surface area (Å²) >= 11 is 0. The Morgan fingerprint density at radius 3 is 2.42 bits per heavy atom. The minimum Gasteiger partial charge on any atom is -0.465 e. The molecule has 7 nitrogen and oxygen atoms in total. The third-order valence-corrected chi connectivity index (χ3v) is 4.37. The molecule has 0 aliphatic carbocycles. The number of rotatable bonds is 6. The summed E-state index contributed by atoms with van der Waals surface area (Å²) in [5.41, 5.74) is 0.903. The number of hydrogen-bond donors (Lipinski definition) is 1. The van der Waals surface area contributed by atoms with Crippen molar-refractivity contribution in [2.75, 3.05) is 13.7 Å². The predicted molar refractivity (Wildman–Crippen MR) is 86.3 cm³/mol. The molecule has 0 aromatic heterocycles. The van der Waals surface area contributed by atoms with E-state index in [9.17, 15) is 18.0 Å². The molecule has 8 heteroatoms. The minimum atomic E-state index is -3.93. The Morgan fingerprint density at radius 2 is 1.88 bits per heavy atom. The monoisotopic (exact) mass is 353 g/mol. The lowest BCUT2D eigenvalue weighted by Gasteiger charge is -2.15. The molecule has 0 unspecified atom stereocenters. The molecular formula is C16H19NO6S. The van der Waals surface area contributed by atoms with E-state index in [1.165, 1.54) is 19.2 Å². The van der Waals surface area contributed by atoms with Crippen molar-refractivity contribution in [1.82, 2.24) is 4.72 Å². The van der Waals surface area contributed by atoms with Crippen LogP contribution in [0, 0.1) is 18.8 Å². The van der Waals surface area contributed by atoms with Gasteiger partial charge < -0.3 is 9.47 Å². The number of aryl methyl sites for hydroxylation is 1. The molecule has 0 saturated heterocycles. The average Bonchev–Trinajstić information content (AvgIpc) is 2.54. The molecule has 1 atom stereocenters. The van der Waals surface area contributed by atoms with Crippen LogP contribution in [0.4, 0.5) is 0 Å². The van der Waals surface area contributed by atoms with Gasteiger partial charge in [0.1, 0.15) is 6.04 Å². The Hall–Kier alpha value is -2.37. The van der Waals surface area contributed by atoms with E-state index in [1.54, 1.807) is 19.1 Å². The van der Waals surface area contributed by atoms with Crippen molar-refractivity contribution < 1.29 is 27.5 Å². The first-order valence-electron chi connectivity index (χ1n) is 7.12. The second kappa shape index (κ2) is 9.05. The Kier molecular flexibility index (Phi) is 7.42. The average molecular weight is 353 g/mol. The smallest absolute Gasteiger partial charge is 0.384 e. The largest absolute Gasteiger partial charge is 0.465 e. The summed E-state index contributed by atoms with van der Waals surface area (Å²) in [5.74, 6) is 3.00. The quantitative estimate of drug-likeness (QED) is 0.461. The fraction of sp³-hybridized carbons (Fsp3) is 0.375. The molecule has 1 aromatic rings. The zero-order chi connectivity index (χ0) is 18.2. The summed E-state index contributed by atoms with van der Waals surface area (Å²) in [6.07, 6.45) is -0.223. The number of sulfonamides is 1. The van der Waals surface area contributed by atoms with Gasteiger partial charge >= 0.3 is 11.9 Å². The Bertz CT molecular complexity index is 743. The van der Waals surface area contributed by atoms with Crippen molar-refractivity contribution >= 4 is 22.0 Å². The zero-order valence-electron chi connectivity index (χ0n) is 13.7. The van der Waals surface area contributed by atoms with Gasteiger partial charge in [-0.3, -0.25) is 4.79 Å². The van der Waals surface area contributed by atoms with Crippen LogP contribution in [-0.4, -0.2) is 40.1 Å². The summed E-state index contributed by atoms with van der Waals surface area (Å²) in [6.45, 7) is 3.52. The van der Waals surface area contributed by atoms with Gasteiger partial charge in [-0.25, -0.2) is 13.2 Å². The number of nitrogens with one attached hydrogen (secondary N) is 1. The lowest BCUT2D eigenvalue weighted by Crippen LogP contribution is -2.41. The standard InChI is InChI=1S/C16H19NO6S/c1-4-23-16(19)14(6-5-7-15(18)22-3)17-24(20,21)13-10-8-12(2)9-11-13/h8-11,14,17H,4,6H2,1-3H3/t14-/m0/s1. The fourth-order valence-corrected chi connectivity index (χ4v) is 2.85. The van der Waals surface area contributed by atoms with Crippen LogP contribution in [0.15, 0.2) is 29.2 Å². The second-order valence-electron chi connectivity index (χ2n) is 4.74. The van der Waals surface area contributed by atoms with E-state index in [0.29, 0.717) is 0 Å². The number of methoxy groups -OCH3 is 1. The summed E-state index contributed by atoms with van der Waals surface area (Å²) in [6, 6.07) is 4.92. The van der Waals surface area contributed by atoms with Gasteiger partial charge in [-0.2, -0.15) is 4.72 Å². The van der Waals surface area contributed by atoms with Crippen molar-refractivity contribution in [2.45, 2.75) is 31.2 Å². The SMILES string of the molecule is CCOC(=O)[C@H](CC#CC(=O)OC)NS(=O)(=O)c1ccc(C)cc1. The number of esters is 2. The molecule has 0 saturated carbocycles. The van der Waals surface area contributed by atoms with E-state index >= 15 is 0 Å². The van der Waals surface area contributed by atoms with Gasteiger partial charge in [0.2, 0.25) is 10.0 Å². The van der Waals surface area contributed by atoms with Gasteiger partial charge in [0, 0.05) is 12.3 Å². The molecule has 130 valence electrons. The highest BCUT2D eigenvalue weighted by Gasteiger charge is 2.26. The van der Waals surface area contributed by atoms with E-state index in [4.69, 9.17) is 4.74 Å². The van der Waals surface area contributed by atoms with Crippen LogP contribution in [0.25, 0.3) is 0 Å². The number of benzene rings is 1. The van der Waals surface area contributed by atoms with Crippen LogP contribution in [-0.2, 0) is 29.1 Å². The maximum absolute atomic E-state index is 12.4. The van der Waals surface area contributed by atoms with Crippen molar-refractivity contribution in [1.29, 1.82) is 0 Å². The first kappa shape index (κ1) is 19.7. The van der Waals surface area contributed by atoms with Crippen molar-refractivity contribution in [3.05, 3.63) is 29.8 Å². The van der Waals surface area contributed by atoms with Crippen LogP contribution >= 0.6 is 0 Å². The van der Waals surface area contributed by atoms with E-state index in [1.807, 2.05) is 6.92 Å². The van der Waals surface area contributed by atoms with E-state index in [0.717, 1.165) is 5.56 Å². The lowest BCUT2D eigenvalue weighted by atomic mass is 10.2. The minimum absolute atomic E-state index is 0.0170. The van der Waals surface area contributed by atoms with Crippen LogP contribution in [0.2, 0.25) is 0 Å². The summed E-state index contributed by atoms with van der Waals surface area (Å²) in [4.78, 5) is 22.9. The number of ether oxygens (including phenoxy) is 2. The van der Waals surface area contributed by atoms with Crippen molar-refractivity contribution in [3.8, 4) is 11.8 Å². The highest BCUT2D eigenvalue weighted by atomic mass is 32.2. The molecule has 0 radical (unpaired) electrons. The molecule has 0 fully saturated rings. The number of carbonyl (C=O) groups is 2. The number of carbonyl (C=O) groups excluding carboxylic acids is 2. The zero-order valence-corrected chi connectivity index (χ0v) is 14.5. The van der Waals surface area contributed by atoms with Crippen molar-refractivity contribution in [2.24, 2.45) is 0 Å². The van der Waals surface area contributed by atoms with Gasteiger partial charge in [0.05, 0.1) is 18.6 Å². The summed E-state index contributed by atoms with van der Waals surface area (Å²) in [7, 11) is -2.76. The lowest BCUT2D eigenvalue weighted by molar-refractivity contribution is -0.145. The highest BCUT2D eigenvalue weighted by Crippen LogP contribution is 2.11. The summed E-state index contributed by atoms with van der Waals surface area (Å²) in [5, 5.41) is 0. The fourth-order valence-electron chi connectivity index (χ4n) is 1.67. The van der Waals surface area contributed by atoms with E-state index in [-0.39, 0.29) is 17.9 Å². The van der Waals surface area contributed by atoms with Gasteiger partial charge in [-0.05, 0) is 26.0 Å². The predicted octanol–water partition coefficient (Wildman–Crippen LogP) is 0.772. The van der Waals surface area contributed by atoms with E-state index in [2.05, 4.69) is 21.3 Å². The molecule has 1 N–H and O–H groups in total. The van der Waals surface area contributed by atoms with Crippen LogP contribution in [0.1, 0.15) is 18.9 Å². The maximum Gasteiger partial charge on any atom is 0.384 e. The van der Waals surface area contributed by atoms with Gasteiger partial charge in [-0.1, -0.05) is 23.6 Å². The Morgan fingerprint density at radius 1 is 1.25 bits per heavy atom. The molecule has 0 heterocycles. The number of hydrogen-bond acceptors (Lipinski definition) is 6. The van der Waals surface area contributed by atoms with Gasteiger partial charge in [0.25, 0.3) is 0 Å². The van der Waals surface area contributed by atoms with Crippen LogP contribution < -0.4 is 4.72 Å². The summed E-state index contributed by atoms with van der Waals surface area (Å²) < 4.78 is 36.2. The second-order valence-corrected chi connectivity index (χ2v) is 6.45. The Balaban J connectivity index is 2.97. The molecule has 24 heavy (non-hydrogen) atoms. The molecule has 0 amide bonds. The van der Waals surface area contributed by atoms with Crippen LogP contribution in [0.3, 0.4) is 0 Å². The molecule has 1 aromatic carbocycles. The van der Waals surface area contributed by atoms with Crippen molar-refractivity contribution in [3.63, 3.8) is 0 Å². The Labute approximate surface area is 141 Å². The maximum atomic E-state index is 12.4. The van der Waals surface area contributed by atoms with Gasteiger partial charge in [-0.15, -0.1) is 0 Å². The first-order valence-corrected chi connectivity index (χ1v) is 8.61. The molecular weight excluding hydrogens is 334 g/mol. The molecule has 0 aliphatic rings. The third-order valence-electron chi connectivity index (χ3n) is 2.88. The normalized spacial score (nSPS) is 11.8. The molecule has 0 spiro atoms. The molecule has 0 aliphatic heterocycles. The van der Waals surface area contributed by atoms with Crippen LogP contribution in [0.5, 0.6) is 0 Å². The topological polar surface area (TPSA) is 98.8 Å². The van der Waals surface area contributed by atoms with E-state index < -0.39 is 28.0 Å². The first-order chi connectivity index (χ1) is 11.3. The molecule has 1 rings (SSSR count). The van der Waals surface area contributed by atoms with Gasteiger partial charge in [0.15, 0.2) is 0 Å². The molecule has 0 bridgehead atoms.